The molecule has 104 valence electrons. The van der Waals surface area contributed by atoms with E-state index in [4.69, 9.17) is 0 Å². The zero-order chi connectivity index (χ0) is 14.2. The number of hydrogen-bond acceptors (Lipinski definition) is 2. The molecular formula is C16H22O3. The molecule has 0 aromatic heterocycles. The SMILES string of the molecule is CC(C)(C)c1cc(C(=O)O)cc(C2CCCC2)c1O. The molecule has 0 unspecified atom stereocenters. The Morgan fingerprint density at radius 3 is 2.26 bits per heavy atom. The molecule has 2 rings (SSSR count). The van der Waals surface area contributed by atoms with Crippen molar-refractivity contribution in [1.29, 1.82) is 0 Å². The Labute approximate surface area is 114 Å². The van der Waals surface area contributed by atoms with Crippen molar-refractivity contribution < 1.29 is 15.0 Å². The van der Waals surface area contributed by atoms with Gasteiger partial charge >= 0.3 is 5.97 Å². The lowest BCUT2D eigenvalue weighted by Crippen LogP contribution is -2.14. The third-order valence-corrected chi connectivity index (χ3v) is 3.99. The lowest BCUT2D eigenvalue weighted by molar-refractivity contribution is 0.0696. The second-order valence-electron chi connectivity index (χ2n) is 6.50. The second-order valence-corrected chi connectivity index (χ2v) is 6.50. The zero-order valence-corrected chi connectivity index (χ0v) is 11.9. The largest absolute Gasteiger partial charge is 0.507 e. The van der Waals surface area contributed by atoms with Crippen LogP contribution in [0.2, 0.25) is 0 Å². The molecule has 0 atom stereocenters. The number of aromatic hydroxyl groups is 1. The summed E-state index contributed by atoms with van der Waals surface area (Å²) in [4.78, 5) is 11.3. The minimum Gasteiger partial charge on any atom is -0.507 e. The maximum absolute atomic E-state index is 11.3. The molecule has 1 saturated carbocycles. The summed E-state index contributed by atoms with van der Waals surface area (Å²) in [6, 6.07) is 3.26. The van der Waals surface area contributed by atoms with Gasteiger partial charge in [-0.25, -0.2) is 4.79 Å². The first-order valence-electron chi connectivity index (χ1n) is 6.91. The maximum Gasteiger partial charge on any atom is 0.335 e. The van der Waals surface area contributed by atoms with Gasteiger partial charge in [-0.3, -0.25) is 0 Å². The molecule has 0 amide bonds. The lowest BCUT2D eigenvalue weighted by atomic mass is 9.81. The first-order valence-corrected chi connectivity index (χ1v) is 6.91. The molecule has 3 nitrogen and oxygen atoms in total. The van der Waals surface area contributed by atoms with E-state index in [-0.39, 0.29) is 11.0 Å². The van der Waals surface area contributed by atoms with Gasteiger partial charge in [-0.15, -0.1) is 0 Å². The molecule has 3 heteroatoms. The van der Waals surface area contributed by atoms with Gasteiger partial charge in [-0.1, -0.05) is 33.6 Å². The van der Waals surface area contributed by atoms with Crippen LogP contribution in [0.15, 0.2) is 12.1 Å². The normalized spacial score (nSPS) is 16.8. The van der Waals surface area contributed by atoms with Crippen molar-refractivity contribution in [2.75, 3.05) is 0 Å². The highest BCUT2D eigenvalue weighted by molar-refractivity contribution is 5.88. The standard InChI is InChI=1S/C16H22O3/c1-16(2,3)13-9-11(15(18)19)8-12(14(13)17)10-6-4-5-7-10/h8-10,17H,4-7H2,1-3H3,(H,18,19). The van der Waals surface area contributed by atoms with Crippen LogP contribution in [0.3, 0.4) is 0 Å². The molecule has 1 aliphatic carbocycles. The van der Waals surface area contributed by atoms with Gasteiger partial charge in [0, 0.05) is 5.56 Å². The van der Waals surface area contributed by atoms with Crippen molar-refractivity contribution in [3.8, 4) is 5.75 Å². The summed E-state index contributed by atoms with van der Waals surface area (Å²) >= 11 is 0. The average Bonchev–Trinajstić information content (AvgIpc) is 2.80. The van der Waals surface area contributed by atoms with Crippen LogP contribution in [0.4, 0.5) is 0 Å². The maximum atomic E-state index is 11.3. The predicted molar refractivity (Wildman–Crippen MR) is 75.0 cm³/mol. The quantitative estimate of drug-likeness (QED) is 0.845. The molecule has 19 heavy (non-hydrogen) atoms. The Bertz CT molecular complexity index is 491. The van der Waals surface area contributed by atoms with Crippen LogP contribution in [-0.2, 0) is 5.41 Å². The summed E-state index contributed by atoms with van der Waals surface area (Å²) in [7, 11) is 0. The summed E-state index contributed by atoms with van der Waals surface area (Å²) in [5.74, 6) is -0.324. The Balaban J connectivity index is 2.58. The van der Waals surface area contributed by atoms with Gasteiger partial charge in [0.1, 0.15) is 5.75 Å². The number of benzene rings is 1. The van der Waals surface area contributed by atoms with E-state index in [0.717, 1.165) is 36.8 Å². The molecule has 0 heterocycles. The Kier molecular flexibility index (Phi) is 3.57. The van der Waals surface area contributed by atoms with Crippen molar-refractivity contribution in [2.45, 2.75) is 57.8 Å². The molecule has 0 radical (unpaired) electrons. The molecule has 1 aromatic rings. The van der Waals surface area contributed by atoms with Gasteiger partial charge in [0.25, 0.3) is 0 Å². The van der Waals surface area contributed by atoms with Crippen molar-refractivity contribution in [3.05, 3.63) is 28.8 Å². The van der Waals surface area contributed by atoms with Gasteiger partial charge in [0.05, 0.1) is 5.56 Å². The van der Waals surface area contributed by atoms with Crippen LogP contribution in [0.5, 0.6) is 5.75 Å². The van der Waals surface area contributed by atoms with Crippen molar-refractivity contribution in [3.63, 3.8) is 0 Å². The smallest absolute Gasteiger partial charge is 0.335 e. The highest BCUT2D eigenvalue weighted by atomic mass is 16.4. The van der Waals surface area contributed by atoms with Gasteiger partial charge in [0.2, 0.25) is 0 Å². The number of hydrogen-bond donors (Lipinski definition) is 2. The molecule has 2 N–H and O–H groups in total. The first kappa shape index (κ1) is 13.9. The molecule has 1 fully saturated rings. The summed E-state index contributed by atoms with van der Waals surface area (Å²) < 4.78 is 0. The van der Waals surface area contributed by atoms with E-state index >= 15 is 0 Å². The molecule has 0 aliphatic heterocycles. The van der Waals surface area contributed by atoms with Crippen LogP contribution >= 0.6 is 0 Å². The lowest BCUT2D eigenvalue weighted by Gasteiger charge is -2.24. The van der Waals surface area contributed by atoms with E-state index in [2.05, 4.69) is 0 Å². The average molecular weight is 262 g/mol. The van der Waals surface area contributed by atoms with Gasteiger partial charge in [-0.2, -0.15) is 0 Å². The topological polar surface area (TPSA) is 57.5 Å². The van der Waals surface area contributed by atoms with E-state index in [9.17, 15) is 15.0 Å². The first-order chi connectivity index (χ1) is 8.80. The van der Waals surface area contributed by atoms with Gasteiger partial charge in [0.15, 0.2) is 0 Å². The van der Waals surface area contributed by atoms with Crippen LogP contribution in [0.1, 0.15) is 73.9 Å². The molecule has 1 aromatic carbocycles. The third kappa shape index (κ3) is 2.75. The number of carboxylic acids is 1. The van der Waals surface area contributed by atoms with Crippen LogP contribution in [-0.4, -0.2) is 16.2 Å². The fourth-order valence-corrected chi connectivity index (χ4v) is 2.90. The minimum absolute atomic E-state index is 0.261. The third-order valence-electron chi connectivity index (χ3n) is 3.99. The number of rotatable bonds is 2. The van der Waals surface area contributed by atoms with Crippen LogP contribution < -0.4 is 0 Å². The van der Waals surface area contributed by atoms with Crippen LogP contribution in [0, 0.1) is 0 Å². The van der Waals surface area contributed by atoms with Crippen LogP contribution in [0.25, 0.3) is 0 Å². The molecule has 1 aliphatic rings. The fraction of sp³-hybridized carbons (Fsp3) is 0.562. The van der Waals surface area contributed by atoms with E-state index in [1.54, 1.807) is 12.1 Å². The molecular weight excluding hydrogens is 240 g/mol. The van der Waals surface area contributed by atoms with E-state index < -0.39 is 5.97 Å². The summed E-state index contributed by atoms with van der Waals surface area (Å²) in [6.07, 6.45) is 4.40. The number of phenols is 1. The number of carboxylic acid groups (broad SMARTS) is 1. The summed E-state index contributed by atoms with van der Waals surface area (Å²) in [5, 5.41) is 19.7. The van der Waals surface area contributed by atoms with E-state index in [0.29, 0.717) is 11.7 Å². The molecule has 0 saturated heterocycles. The zero-order valence-electron chi connectivity index (χ0n) is 11.9. The Hall–Kier alpha value is -1.51. The molecule has 0 bridgehead atoms. The number of carbonyl (C=O) groups is 1. The van der Waals surface area contributed by atoms with E-state index in [1.807, 2.05) is 20.8 Å². The van der Waals surface area contributed by atoms with E-state index in [1.165, 1.54) is 0 Å². The van der Waals surface area contributed by atoms with Crippen molar-refractivity contribution >= 4 is 5.97 Å². The highest BCUT2D eigenvalue weighted by Crippen LogP contribution is 2.43. The monoisotopic (exact) mass is 262 g/mol. The number of phenolic OH excluding ortho intramolecular Hbond substituents is 1. The van der Waals surface area contributed by atoms with Crippen molar-refractivity contribution in [1.82, 2.24) is 0 Å². The predicted octanol–water partition coefficient (Wildman–Crippen LogP) is 4.05. The Morgan fingerprint density at radius 2 is 1.79 bits per heavy atom. The van der Waals surface area contributed by atoms with Crippen molar-refractivity contribution in [2.24, 2.45) is 0 Å². The highest BCUT2D eigenvalue weighted by Gasteiger charge is 2.27. The number of aromatic carboxylic acids is 1. The molecule has 0 spiro atoms. The summed E-state index contributed by atoms with van der Waals surface area (Å²) in [5.41, 5.74) is 1.57. The Morgan fingerprint density at radius 1 is 1.21 bits per heavy atom. The summed E-state index contributed by atoms with van der Waals surface area (Å²) in [6.45, 7) is 5.98. The fourth-order valence-electron chi connectivity index (χ4n) is 2.90. The van der Waals surface area contributed by atoms with Gasteiger partial charge in [-0.05, 0) is 41.9 Å². The minimum atomic E-state index is -0.926. The second kappa shape index (κ2) is 4.87. The van der Waals surface area contributed by atoms with Gasteiger partial charge < -0.3 is 10.2 Å².